The third-order valence-corrected chi connectivity index (χ3v) is 5.35. The van der Waals surface area contributed by atoms with Crippen molar-refractivity contribution >= 4 is 17.3 Å². The molecule has 1 aromatic heterocycles. The summed E-state index contributed by atoms with van der Waals surface area (Å²) in [6.45, 7) is 11.9. The van der Waals surface area contributed by atoms with E-state index < -0.39 is 0 Å². The second kappa shape index (κ2) is 9.23. The van der Waals surface area contributed by atoms with Crippen LogP contribution in [0.25, 0.3) is 0 Å². The van der Waals surface area contributed by atoms with Gasteiger partial charge in [-0.05, 0) is 45.7 Å². The highest BCUT2D eigenvalue weighted by molar-refractivity contribution is 7.11. The summed E-state index contributed by atoms with van der Waals surface area (Å²) in [6, 6.07) is 0. The minimum atomic E-state index is 0.624. The number of aromatic nitrogens is 1. The second-order valence-electron chi connectivity index (χ2n) is 6.51. The number of hydrogen-bond donors (Lipinski definition) is 2. The molecule has 1 aliphatic rings. The van der Waals surface area contributed by atoms with Gasteiger partial charge in [-0.1, -0.05) is 13.3 Å². The minimum Gasteiger partial charge on any atom is -0.356 e. The lowest BCUT2D eigenvalue weighted by Gasteiger charge is -2.29. The fraction of sp³-hybridized carbons (Fsp3) is 0.765. The van der Waals surface area contributed by atoms with Crippen LogP contribution in [0.5, 0.6) is 0 Å². The summed E-state index contributed by atoms with van der Waals surface area (Å²) in [5.74, 6) is 1.50. The van der Waals surface area contributed by atoms with Crippen molar-refractivity contribution in [3.63, 3.8) is 0 Å². The number of aliphatic imine (C=N–C) groups is 1. The molecule has 23 heavy (non-hydrogen) atoms. The van der Waals surface area contributed by atoms with Crippen LogP contribution >= 0.6 is 11.3 Å². The number of piperidine rings is 1. The molecule has 5 nitrogen and oxygen atoms in total. The molecule has 1 saturated heterocycles. The molecule has 0 aliphatic carbocycles. The average Bonchev–Trinajstić information content (AvgIpc) is 2.86. The van der Waals surface area contributed by atoms with Gasteiger partial charge in [0.25, 0.3) is 0 Å². The molecular weight excluding hydrogens is 306 g/mol. The number of nitrogens with one attached hydrogen (secondary N) is 2. The quantitative estimate of drug-likeness (QED) is 0.619. The van der Waals surface area contributed by atoms with Crippen molar-refractivity contribution < 1.29 is 0 Å². The maximum Gasteiger partial charge on any atom is 0.191 e. The molecule has 2 heterocycles. The third kappa shape index (κ3) is 6.11. The zero-order chi connectivity index (χ0) is 16.7. The largest absolute Gasteiger partial charge is 0.356 e. The number of thiazole rings is 1. The first-order valence-electron chi connectivity index (χ1n) is 8.68. The summed E-state index contributed by atoms with van der Waals surface area (Å²) >= 11 is 1.75. The molecule has 0 amide bonds. The van der Waals surface area contributed by atoms with E-state index in [-0.39, 0.29) is 0 Å². The average molecular weight is 338 g/mol. The van der Waals surface area contributed by atoms with Crippen LogP contribution in [0.15, 0.2) is 4.99 Å². The molecule has 0 bridgehead atoms. The predicted octanol–water partition coefficient (Wildman–Crippen LogP) is 2.55. The number of guanidine groups is 1. The van der Waals surface area contributed by atoms with Crippen molar-refractivity contribution in [2.24, 2.45) is 10.9 Å². The molecule has 1 atom stereocenters. The van der Waals surface area contributed by atoms with E-state index in [0.717, 1.165) is 29.8 Å². The third-order valence-electron chi connectivity index (χ3n) is 4.28. The number of nitrogens with zero attached hydrogens (tertiary/aromatic N) is 3. The van der Waals surface area contributed by atoms with Gasteiger partial charge in [-0.15, -0.1) is 11.3 Å². The lowest BCUT2D eigenvalue weighted by molar-refractivity contribution is 0.201. The Balaban J connectivity index is 1.70. The van der Waals surface area contributed by atoms with Crippen molar-refractivity contribution in [2.75, 3.05) is 33.2 Å². The van der Waals surface area contributed by atoms with Gasteiger partial charge in [0.2, 0.25) is 0 Å². The van der Waals surface area contributed by atoms with Gasteiger partial charge in [0.05, 0.1) is 17.2 Å². The molecule has 2 rings (SSSR count). The van der Waals surface area contributed by atoms with Crippen molar-refractivity contribution in [2.45, 2.75) is 46.6 Å². The lowest BCUT2D eigenvalue weighted by atomic mass is 10.1. The van der Waals surface area contributed by atoms with Crippen LogP contribution in [0.1, 0.15) is 41.8 Å². The van der Waals surface area contributed by atoms with Gasteiger partial charge in [0, 0.05) is 25.0 Å². The normalized spacial score (nSPS) is 18.0. The summed E-state index contributed by atoms with van der Waals surface area (Å²) in [7, 11) is 1.83. The monoisotopic (exact) mass is 337 g/mol. The van der Waals surface area contributed by atoms with Crippen molar-refractivity contribution in [3.8, 4) is 0 Å². The molecule has 2 N–H and O–H groups in total. The fourth-order valence-corrected chi connectivity index (χ4v) is 3.92. The fourth-order valence-electron chi connectivity index (χ4n) is 3.04. The van der Waals surface area contributed by atoms with Crippen molar-refractivity contribution in [3.05, 3.63) is 15.6 Å². The van der Waals surface area contributed by atoms with Crippen LogP contribution in [0.2, 0.25) is 0 Å². The maximum atomic E-state index is 4.47. The number of rotatable bonds is 6. The van der Waals surface area contributed by atoms with Crippen LogP contribution in [0, 0.1) is 19.8 Å². The van der Waals surface area contributed by atoms with Gasteiger partial charge in [0.1, 0.15) is 0 Å². The summed E-state index contributed by atoms with van der Waals surface area (Å²) in [5.41, 5.74) is 1.12. The van der Waals surface area contributed by atoms with E-state index in [1.165, 1.54) is 43.8 Å². The Morgan fingerprint density at radius 2 is 2.00 bits per heavy atom. The molecule has 1 aliphatic heterocycles. The van der Waals surface area contributed by atoms with E-state index in [1.54, 1.807) is 11.3 Å². The molecule has 1 unspecified atom stereocenters. The topological polar surface area (TPSA) is 52.6 Å². The summed E-state index contributed by atoms with van der Waals surface area (Å²) in [5, 5.41) is 7.97. The Labute approximate surface area is 144 Å². The Kier molecular flexibility index (Phi) is 7.30. The molecular formula is C17H31N5S. The van der Waals surface area contributed by atoms with E-state index >= 15 is 0 Å². The number of likely N-dealkylation sites (tertiary alicyclic amines) is 1. The molecule has 0 radical (unpaired) electrons. The van der Waals surface area contributed by atoms with E-state index in [1.807, 2.05) is 7.05 Å². The van der Waals surface area contributed by atoms with Gasteiger partial charge in [-0.2, -0.15) is 0 Å². The van der Waals surface area contributed by atoms with Crippen molar-refractivity contribution in [1.82, 2.24) is 20.5 Å². The first-order chi connectivity index (χ1) is 11.1. The highest BCUT2D eigenvalue weighted by Crippen LogP contribution is 2.16. The Hall–Kier alpha value is -1.14. The highest BCUT2D eigenvalue weighted by atomic mass is 32.1. The Morgan fingerprint density at radius 3 is 2.61 bits per heavy atom. The molecule has 0 aromatic carbocycles. The maximum absolute atomic E-state index is 4.47. The van der Waals surface area contributed by atoms with E-state index in [9.17, 15) is 0 Å². The van der Waals surface area contributed by atoms with Gasteiger partial charge >= 0.3 is 0 Å². The van der Waals surface area contributed by atoms with Crippen molar-refractivity contribution in [1.29, 1.82) is 0 Å². The molecule has 0 spiro atoms. The first kappa shape index (κ1) is 18.2. The summed E-state index contributed by atoms with van der Waals surface area (Å²) < 4.78 is 0. The van der Waals surface area contributed by atoms with E-state index in [0.29, 0.717) is 5.92 Å². The number of hydrogen-bond acceptors (Lipinski definition) is 4. The smallest absolute Gasteiger partial charge is 0.191 e. The molecule has 1 aromatic rings. The van der Waals surface area contributed by atoms with E-state index in [2.05, 4.69) is 46.3 Å². The zero-order valence-corrected chi connectivity index (χ0v) is 15.8. The summed E-state index contributed by atoms with van der Waals surface area (Å²) in [6.07, 6.45) is 4.12. The van der Waals surface area contributed by atoms with Crippen LogP contribution in [-0.2, 0) is 6.54 Å². The second-order valence-corrected chi connectivity index (χ2v) is 7.80. The highest BCUT2D eigenvalue weighted by Gasteiger charge is 2.13. The SMILES string of the molecule is CN=C(NCc1sc(C)nc1C)NCC(C)CN1CCCCC1. The molecule has 130 valence electrons. The Bertz CT molecular complexity index is 505. The minimum absolute atomic E-state index is 0.624. The van der Waals surface area contributed by atoms with Gasteiger partial charge in [0.15, 0.2) is 5.96 Å². The zero-order valence-electron chi connectivity index (χ0n) is 15.0. The lowest BCUT2D eigenvalue weighted by Crippen LogP contribution is -2.42. The van der Waals surface area contributed by atoms with Gasteiger partial charge in [-0.3, -0.25) is 4.99 Å². The molecule has 6 heteroatoms. The van der Waals surface area contributed by atoms with Crippen LogP contribution < -0.4 is 10.6 Å². The Morgan fingerprint density at radius 1 is 1.26 bits per heavy atom. The van der Waals surface area contributed by atoms with Gasteiger partial charge in [-0.25, -0.2) is 4.98 Å². The summed E-state index contributed by atoms with van der Waals surface area (Å²) in [4.78, 5) is 12.7. The predicted molar refractivity (Wildman–Crippen MR) is 99.2 cm³/mol. The van der Waals surface area contributed by atoms with Crippen LogP contribution in [0.3, 0.4) is 0 Å². The van der Waals surface area contributed by atoms with Gasteiger partial charge < -0.3 is 15.5 Å². The molecule has 0 saturated carbocycles. The van der Waals surface area contributed by atoms with Crippen LogP contribution in [0.4, 0.5) is 0 Å². The molecule has 1 fully saturated rings. The van der Waals surface area contributed by atoms with E-state index in [4.69, 9.17) is 0 Å². The number of aryl methyl sites for hydroxylation is 2. The van der Waals surface area contributed by atoms with Crippen LogP contribution in [-0.4, -0.2) is 49.1 Å². The standard InChI is InChI=1S/C17H31N5S/c1-13(12-22-8-6-5-7-9-22)10-19-17(18-4)20-11-16-14(2)21-15(3)23-16/h13H,5-12H2,1-4H3,(H2,18,19,20). The first-order valence-corrected chi connectivity index (χ1v) is 9.50.